The van der Waals surface area contributed by atoms with Crippen LogP contribution in [0.25, 0.3) is 0 Å². The molecule has 0 spiro atoms. The van der Waals surface area contributed by atoms with Gasteiger partial charge in [-0.2, -0.15) is 0 Å². The second-order valence-electron chi connectivity index (χ2n) is 15.7. The maximum atomic E-state index is 13.0. The molecule has 5 N–H and O–H groups in total. The number of allylic oxidation sites excluding steroid dienone is 7. The van der Waals surface area contributed by atoms with E-state index in [1.807, 2.05) is 11.8 Å². The van der Waals surface area contributed by atoms with E-state index in [0.717, 1.165) is 49.7 Å². The molecule has 0 aromatic rings. The molecule has 0 aromatic carbocycles. The Kier molecular flexibility index (Phi) is 6.75. The standard InChI is InChI=1S/C35H50N2O5/c1-19-13-29-32(3,17-25(19)37(31(36)42)22-14-21(18-38)26(39)15-22)9-11-34(5)28-8-7-23-20(2)30(41)27(40)16-24(23)33(28,4)10-12-35(29,34)6/h7-8,16,19,21-22,25-26,29,38-39,41H,9-15,17-18H2,1-6H3,(H2,36,42)/t19-,21-,22?,25?,26-,29-,32+,33+,34-,35+/m1/s1. The van der Waals surface area contributed by atoms with E-state index < -0.39 is 12.1 Å². The van der Waals surface area contributed by atoms with Gasteiger partial charge in [0.1, 0.15) is 0 Å². The lowest BCUT2D eigenvalue weighted by molar-refractivity contribution is -0.161. The first kappa shape index (κ1) is 29.7. The molecule has 6 aliphatic rings. The summed E-state index contributed by atoms with van der Waals surface area (Å²) in [5, 5.41) is 30.7. The molecule has 7 heteroatoms. The lowest BCUT2D eigenvalue weighted by Gasteiger charge is -2.70. The number of ketones is 1. The maximum Gasteiger partial charge on any atom is 0.315 e. The molecule has 0 aliphatic heterocycles. The Bertz CT molecular complexity index is 1340. The molecule has 4 saturated carbocycles. The summed E-state index contributed by atoms with van der Waals surface area (Å²) in [7, 11) is 0. The van der Waals surface area contributed by atoms with Crippen LogP contribution >= 0.6 is 0 Å². The van der Waals surface area contributed by atoms with Crippen LogP contribution in [-0.2, 0) is 4.79 Å². The molecule has 0 radical (unpaired) electrons. The summed E-state index contributed by atoms with van der Waals surface area (Å²) >= 11 is 0. The van der Waals surface area contributed by atoms with Crippen LogP contribution in [0.5, 0.6) is 0 Å². The Hall–Kier alpha value is -2.38. The third-order valence-corrected chi connectivity index (χ3v) is 13.8. The Balaban J connectivity index is 1.34. The van der Waals surface area contributed by atoms with E-state index >= 15 is 0 Å². The summed E-state index contributed by atoms with van der Waals surface area (Å²) in [6.07, 6.45) is 12.6. The smallest absolute Gasteiger partial charge is 0.315 e. The fourth-order valence-corrected chi connectivity index (χ4v) is 11.1. The predicted molar refractivity (Wildman–Crippen MR) is 162 cm³/mol. The number of nitrogens with two attached hydrogens (primary N) is 1. The number of primary amides is 1. The van der Waals surface area contributed by atoms with Crippen LogP contribution in [-0.4, -0.2) is 56.8 Å². The lowest BCUT2D eigenvalue weighted by atomic mass is 9.35. The second kappa shape index (κ2) is 9.56. The molecular formula is C35H50N2O5. The Morgan fingerprint density at radius 3 is 2.43 bits per heavy atom. The van der Waals surface area contributed by atoms with Gasteiger partial charge in [0, 0.05) is 35.6 Å². The average Bonchev–Trinajstić information content (AvgIpc) is 3.30. The normalized spacial score (nSPS) is 46.5. The minimum atomic E-state index is -0.605. The van der Waals surface area contributed by atoms with Gasteiger partial charge in [0.2, 0.25) is 5.78 Å². The van der Waals surface area contributed by atoms with Crippen LogP contribution in [0.4, 0.5) is 4.79 Å². The zero-order chi connectivity index (χ0) is 30.6. The van der Waals surface area contributed by atoms with Gasteiger partial charge < -0.3 is 26.0 Å². The summed E-state index contributed by atoms with van der Waals surface area (Å²) in [6.45, 7) is 13.7. The van der Waals surface area contributed by atoms with Crippen LogP contribution in [0.2, 0.25) is 0 Å². The van der Waals surface area contributed by atoms with E-state index in [9.17, 15) is 24.9 Å². The molecule has 0 bridgehead atoms. The quantitative estimate of drug-likeness (QED) is 0.340. The molecule has 0 aromatic heterocycles. The van der Waals surface area contributed by atoms with E-state index in [4.69, 9.17) is 5.73 Å². The molecule has 42 heavy (non-hydrogen) atoms. The van der Waals surface area contributed by atoms with Crippen molar-refractivity contribution >= 4 is 11.8 Å². The molecule has 10 atom stereocenters. The van der Waals surface area contributed by atoms with Gasteiger partial charge in [-0.1, -0.05) is 52.3 Å². The molecular weight excluding hydrogens is 528 g/mol. The van der Waals surface area contributed by atoms with Crippen LogP contribution in [0.3, 0.4) is 0 Å². The minimum absolute atomic E-state index is 0.0143. The number of fused-ring (bicyclic) bond motifs is 7. The van der Waals surface area contributed by atoms with E-state index in [2.05, 4.69) is 46.8 Å². The molecule has 6 aliphatic carbocycles. The van der Waals surface area contributed by atoms with Crippen LogP contribution in [0, 0.1) is 39.4 Å². The number of aliphatic hydroxyl groups is 3. The number of nitrogens with zero attached hydrogens (tertiary/aromatic N) is 1. The summed E-state index contributed by atoms with van der Waals surface area (Å²) < 4.78 is 0. The highest BCUT2D eigenvalue weighted by molar-refractivity contribution is 6.06. The highest BCUT2D eigenvalue weighted by atomic mass is 16.3. The Morgan fingerprint density at radius 1 is 1.07 bits per heavy atom. The van der Waals surface area contributed by atoms with Crippen molar-refractivity contribution in [1.82, 2.24) is 4.90 Å². The molecule has 7 nitrogen and oxygen atoms in total. The number of rotatable bonds is 3. The number of carbonyl (C=O) groups is 2. The van der Waals surface area contributed by atoms with Gasteiger partial charge in [-0.05, 0) is 104 Å². The predicted octanol–water partition coefficient (Wildman–Crippen LogP) is 5.73. The van der Waals surface area contributed by atoms with E-state index in [0.29, 0.717) is 24.3 Å². The largest absolute Gasteiger partial charge is 0.504 e. The third kappa shape index (κ3) is 3.84. The van der Waals surface area contributed by atoms with E-state index in [-0.39, 0.29) is 63.7 Å². The fourth-order valence-electron chi connectivity index (χ4n) is 11.1. The van der Waals surface area contributed by atoms with Gasteiger partial charge in [0.25, 0.3) is 0 Å². The monoisotopic (exact) mass is 578 g/mol. The summed E-state index contributed by atoms with van der Waals surface area (Å²) in [5.41, 5.74) is 10.0. The first-order valence-corrected chi connectivity index (χ1v) is 16.1. The number of urea groups is 1. The van der Waals surface area contributed by atoms with Gasteiger partial charge in [0.05, 0.1) is 6.10 Å². The van der Waals surface area contributed by atoms with Gasteiger partial charge in [0.15, 0.2) is 5.76 Å². The van der Waals surface area contributed by atoms with Crippen molar-refractivity contribution in [2.45, 2.75) is 111 Å². The average molecular weight is 579 g/mol. The zero-order valence-corrected chi connectivity index (χ0v) is 26.2. The lowest BCUT2D eigenvalue weighted by Crippen LogP contribution is -2.64. The Labute approximate surface area is 250 Å². The number of hydrogen-bond donors (Lipinski definition) is 4. The second-order valence-corrected chi connectivity index (χ2v) is 15.7. The summed E-state index contributed by atoms with van der Waals surface area (Å²) in [6, 6.07) is -0.537. The van der Waals surface area contributed by atoms with Gasteiger partial charge >= 0.3 is 6.03 Å². The van der Waals surface area contributed by atoms with Crippen molar-refractivity contribution in [3.8, 4) is 0 Å². The molecule has 230 valence electrons. The first-order chi connectivity index (χ1) is 19.6. The third-order valence-electron chi connectivity index (χ3n) is 13.8. The number of carbonyl (C=O) groups excluding carboxylic acids is 2. The van der Waals surface area contributed by atoms with E-state index in [1.54, 1.807) is 6.08 Å². The minimum Gasteiger partial charge on any atom is -0.504 e. The topological polar surface area (TPSA) is 124 Å². The molecule has 0 saturated heterocycles. The summed E-state index contributed by atoms with van der Waals surface area (Å²) in [4.78, 5) is 27.6. The maximum absolute atomic E-state index is 13.0. The molecule has 2 amide bonds. The van der Waals surface area contributed by atoms with Crippen molar-refractivity contribution in [3.05, 3.63) is 46.3 Å². The van der Waals surface area contributed by atoms with Crippen molar-refractivity contribution in [3.63, 3.8) is 0 Å². The highest BCUT2D eigenvalue weighted by Crippen LogP contribution is 2.75. The summed E-state index contributed by atoms with van der Waals surface area (Å²) in [5.74, 6) is 0.0897. The van der Waals surface area contributed by atoms with Crippen LogP contribution in [0.15, 0.2) is 46.3 Å². The van der Waals surface area contributed by atoms with Crippen molar-refractivity contribution in [2.24, 2.45) is 45.1 Å². The van der Waals surface area contributed by atoms with Crippen LogP contribution < -0.4 is 5.73 Å². The Morgan fingerprint density at radius 2 is 1.79 bits per heavy atom. The molecule has 0 heterocycles. The molecule has 6 rings (SSSR count). The first-order valence-electron chi connectivity index (χ1n) is 16.1. The van der Waals surface area contributed by atoms with E-state index in [1.165, 1.54) is 5.57 Å². The molecule has 4 fully saturated rings. The van der Waals surface area contributed by atoms with Gasteiger partial charge in [-0.3, -0.25) is 4.79 Å². The SMILES string of the molecule is CC1=C(O)C(=O)C=C2C1=CC=C1[C@@]2(C)CC[C@@]2(C)[C@@H]3C[C@@H](C)C(N(C(N)=O)C4C[C@H](CO)[C@H](O)C4)C[C@]3(C)CC[C@]12C. The number of hydrogen-bond acceptors (Lipinski definition) is 5. The fraction of sp³-hybridized carbons (Fsp3) is 0.714. The van der Waals surface area contributed by atoms with Crippen LogP contribution in [0.1, 0.15) is 92.9 Å². The van der Waals surface area contributed by atoms with Crippen molar-refractivity contribution in [1.29, 1.82) is 0 Å². The number of aliphatic hydroxyl groups excluding tert-OH is 3. The number of amides is 2. The zero-order valence-electron chi connectivity index (χ0n) is 26.2. The van der Waals surface area contributed by atoms with Crippen molar-refractivity contribution in [2.75, 3.05) is 6.61 Å². The highest BCUT2D eigenvalue weighted by Gasteiger charge is 2.67. The molecule has 2 unspecified atom stereocenters. The van der Waals surface area contributed by atoms with Gasteiger partial charge in [-0.15, -0.1) is 0 Å². The van der Waals surface area contributed by atoms with Crippen molar-refractivity contribution < 1.29 is 24.9 Å². The van der Waals surface area contributed by atoms with Gasteiger partial charge in [-0.25, -0.2) is 4.79 Å².